The van der Waals surface area contributed by atoms with Crippen molar-refractivity contribution < 1.29 is 9.53 Å². The van der Waals surface area contributed by atoms with Gasteiger partial charge in [-0.3, -0.25) is 0 Å². The van der Waals surface area contributed by atoms with Crippen molar-refractivity contribution in [2.24, 2.45) is 0 Å². The van der Waals surface area contributed by atoms with E-state index in [9.17, 15) is 4.79 Å². The number of hydrogen-bond acceptors (Lipinski definition) is 4. The van der Waals surface area contributed by atoms with Crippen LogP contribution in [0.25, 0.3) is 0 Å². The topological polar surface area (TPSA) is 50.4 Å². The molecule has 1 aromatic carbocycles. The van der Waals surface area contributed by atoms with E-state index in [1.807, 2.05) is 42.1 Å². The molecule has 1 atom stereocenters. The largest absolute Gasteiger partial charge is 0.445 e. The zero-order chi connectivity index (χ0) is 15.1. The van der Waals surface area contributed by atoms with Crippen LogP contribution in [0.15, 0.2) is 30.3 Å². The Hall–Kier alpha value is -1.20. The Morgan fingerprint density at radius 2 is 2.05 bits per heavy atom. The highest BCUT2D eigenvalue weighted by Crippen LogP contribution is 2.20. The first kappa shape index (κ1) is 16.2. The van der Waals surface area contributed by atoms with E-state index in [0.29, 0.717) is 17.9 Å². The standard InChI is InChI=1S/C16H24N2O2S/c1-12(21-2)10-17-14-8-15(9-14)18-16(19)20-11-13-6-4-3-5-7-13/h3-7,12,14-15,17H,8-11H2,1-2H3,(H,18,19). The lowest BCUT2D eigenvalue weighted by Crippen LogP contribution is -2.53. The van der Waals surface area contributed by atoms with Crippen LogP contribution in [0.5, 0.6) is 0 Å². The summed E-state index contributed by atoms with van der Waals surface area (Å²) in [6.07, 6.45) is 3.78. The van der Waals surface area contributed by atoms with Gasteiger partial charge in [0.25, 0.3) is 0 Å². The zero-order valence-corrected chi connectivity index (χ0v) is 13.5. The van der Waals surface area contributed by atoms with Gasteiger partial charge in [-0.25, -0.2) is 4.79 Å². The molecule has 5 heteroatoms. The lowest BCUT2D eigenvalue weighted by molar-refractivity contribution is 0.125. The van der Waals surface area contributed by atoms with E-state index in [1.54, 1.807) is 0 Å². The van der Waals surface area contributed by atoms with Crippen molar-refractivity contribution in [3.63, 3.8) is 0 Å². The van der Waals surface area contributed by atoms with Crippen LogP contribution in [0.2, 0.25) is 0 Å². The Morgan fingerprint density at radius 3 is 2.71 bits per heavy atom. The first-order valence-corrected chi connectivity index (χ1v) is 8.69. The summed E-state index contributed by atoms with van der Waals surface area (Å²) in [5.74, 6) is 0. The summed E-state index contributed by atoms with van der Waals surface area (Å²) in [5.41, 5.74) is 1.01. The third-order valence-electron chi connectivity index (χ3n) is 3.77. The second-order valence-electron chi connectivity index (χ2n) is 5.53. The van der Waals surface area contributed by atoms with Crippen molar-refractivity contribution in [2.45, 2.75) is 43.7 Å². The summed E-state index contributed by atoms with van der Waals surface area (Å²) in [6.45, 7) is 3.57. The molecule has 0 aliphatic heterocycles. The molecule has 2 rings (SSSR count). The minimum absolute atomic E-state index is 0.246. The predicted molar refractivity (Wildman–Crippen MR) is 87.6 cm³/mol. The molecule has 21 heavy (non-hydrogen) atoms. The van der Waals surface area contributed by atoms with Gasteiger partial charge in [-0.05, 0) is 24.7 Å². The maximum absolute atomic E-state index is 11.7. The molecule has 4 nitrogen and oxygen atoms in total. The molecule has 1 amide bonds. The van der Waals surface area contributed by atoms with E-state index in [1.165, 1.54) is 0 Å². The second kappa shape index (κ2) is 8.29. The number of amides is 1. The maximum Gasteiger partial charge on any atom is 0.407 e. The second-order valence-corrected chi connectivity index (χ2v) is 6.80. The average molecular weight is 308 g/mol. The van der Waals surface area contributed by atoms with Crippen LogP contribution in [-0.4, -0.2) is 36.2 Å². The van der Waals surface area contributed by atoms with Crippen LogP contribution < -0.4 is 10.6 Å². The van der Waals surface area contributed by atoms with Gasteiger partial charge in [0.2, 0.25) is 0 Å². The highest BCUT2D eigenvalue weighted by molar-refractivity contribution is 7.99. The van der Waals surface area contributed by atoms with E-state index < -0.39 is 0 Å². The molecule has 1 unspecified atom stereocenters. The quantitative estimate of drug-likeness (QED) is 0.813. The van der Waals surface area contributed by atoms with Gasteiger partial charge in [0.1, 0.15) is 6.61 Å². The zero-order valence-electron chi connectivity index (χ0n) is 12.7. The van der Waals surface area contributed by atoms with Crippen molar-refractivity contribution in [1.29, 1.82) is 0 Å². The summed E-state index contributed by atoms with van der Waals surface area (Å²) in [7, 11) is 0. The van der Waals surface area contributed by atoms with E-state index in [0.717, 1.165) is 24.9 Å². The van der Waals surface area contributed by atoms with Crippen LogP contribution >= 0.6 is 11.8 Å². The number of rotatable bonds is 7. The molecule has 0 spiro atoms. The van der Waals surface area contributed by atoms with E-state index in [-0.39, 0.29) is 12.1 Å². The monoisotopic (exact) mass is 308 g/mol. The smallest absolute Gasteiger partial charge is 0.407 e. The predicted octanol–water partition coefficient (Wildman–Crippen LogP) is 2.78. The molecule has 1 aliphatic carbocycles. The van der Waals surface area contributed by atoms with Crippen molar-refractivity contribution in [3.05, 3.63) is 35.9 Å². The van der Waals surface area contributed by atoms with Gasteiger partial charge in [0.05, 0.1) is 0 Å². The van der Waals surface area contributed by atoms with E-state index in [4.69, 9.17) is 4.74 Å². The van der Waals surface area contributed by atoms with Crippen molar-refractivity contribution in [2.75, 3.05) is 12.8 Å². The minimum Gasteiger partial charge on any atom is -0.445 e. The highest BCUT2D eigenvalue weighted by atomic mass is 32.2. The number of benzene rings is 1. The number of thioether (sulfide) groups is 1. The van der Waals surface area contributed by atoms with Crippen LogP contribution in [0.1, 0.15) is 25.3 Å². The van der Waals surface area contributed by atoms with Crippen molar-refractivity contribution in [1.82, 2.24) is 10.6 Å². The van der Waals surface area contributed by atoms with Gasteiger partial charge in [-0.2, -0.15) is 11.8 Å². The van der Waals surface area contributed by atoms with Crippen molar-refractivity contribution >= 4 is 17.9 Å². The third kappa shape index (κ3) is 5.59. The SMILES string of the molecule is CSC(C)CNC1CC(NC(=O)OCc2ccccc2)C1. The number of alkyl carbamates (subject to hydrolysis) is 1. The molecule has 1 fully saturated rings. The number of hydrogen-bond donors (Lipinski definition) is 2. The van der Waals surface area contributed by atoms with Gasteiger partial charge in [-0.1, -0.05) is 37.3 Å². The lowest BCUT2D eigenvalue weighted by atomic mass is 9.87. The van der Waals surface area contributed by atoms with Gasteiger partial charge in [0, 0.05) is 23.9 Å². The molecule has 1 aromatic rings. The summed E-state index contributed by atoms with van der Waals surface area (Å²) >= 11 is 1.87. The fourth-order valence-corrected chi connectivity index (χ4v) is 2.51. The van der Waals surface area contributed by atoms with Gasteiger partial charge < -0.3 is 15.4 Å². The highest BCUT2D eigenvalue weighted by Gasteiger charge is 2.30. The maximum atomic E-state index is 11.7. The number of carbonyl (C=O) groups is 1. The molecule has 116 valence electrons. The Bertz CT molecular complexity index is 435. The molecule has 0 saturated heterocycles. The van der Waals surface area contributed by atoms with Crippen LogP contribution in [0.3, 0.4) is 0 Å². The molecule has 0 aromatic heterocycles. The molecule has 0 bridgehead atoms. The molecular formula is C16H24N2O2S. The number of ether oxygens (including phenoxy) is 1. The first-order valence-electron chi connectivity index (χ1n) is 7.40. The van der Waals surface area contributed by atoms with E-state index in [2.05, 4.69) is 23.8 Å². The summed E-state index contributed by atoms with van der Waals surface area (Å²) in [6, 6.07) is 10.5. The van der Waals surface area contributed by atoms with Crippen LogP contribution in [0, 0.1) is 0 Å². The Balaban J connectivity index is 1.56. The molecule has 1 aliphatic rings. The molecule has 0 radical (unpaired) electrons. The third-order valence-corrected chi connectivity index (χ3v) is 4.74. The normalized spacial score (nSPS) is 22.2. The van der Waals surface area contributed by atoms with Crippen molar-refractivity contribution in [3.8, 4) is 0 Å². The molecular weight excluding hydrogens is 284 g/mol. The fourth-order valence-electron chi connectivity index (χ4n) is 2.25. The van der Waals surface area contributed by atoms with Gasteiger partial charge in [0.15, 0.2) is 0 Å². The van der Waals surface area contributed by atoms with E-state index >= 15 is 0 Å². The van der Waals surface area contributed by atoms with Crippen LogP contribution in [0.4, 0.5) is 4.79 Å². The molecule has 1 saturated carbocycles. The number of carbonyl (C=O) groups excluding carboxylic acids is 1. The average Bonchev–Trinajstić information content (AvgIpc) is 2.48. The molecule has 0 heterocycles. The van der Waals surface area contributed by atoms with Gasteiger partial charge >= 0.3 is 6.09 Å². The number of nitrogens with one attached hydrogen (secondary N) is 2. The summed E-state index contributed by atoms with van der Waals surface area (Å²) < 4.78 is 5.21. The summed E-state index contributed by atoms with van der Waals surface area (Å²) in [4.78, 5) is 11.7. The summed E-state index contributed by atoms with van der Waals surface area (Å²) in [5, 5.41) is 7.06. The Labute approximate surface area is 131 Å². The first-order chi connectivity index (χ1) is 10.2. The Kier molecular flexibility index (Phi) is 6.39. The Morgan fingerprint density at radius 1 is 1.33 bits per heavy atom. The van der Waals surface area contributed by atoms with Crippen LogP contribution in [-0.2, 0) is 11.3 Å². The molecule has 2 N–H and O–H groups in total. The van der Waals surface area contributed by atoms with Gasteiger partial charge in [-0.15, -0.1) is 0 Å². The lowest BCUT2D eigenvalue weighted by Gasteiger charge is -2.36. The minimum atomic E-state index is -0.320. The fraction of sp³-hybridized carbons (Fsp3) is 0.562.